The fraction of sp³-hybridized carbons (Fsp3) is 0.500. The first-order valence-corrected chi connectivity index (χ1v) is 8.33. The molecule has 1 fully saturated rings. The molecule has 0 aliphatic carbocycles. The number of benzene rings is 1. The highest BCUT2D eigenvalue weighted by Crippen LogP contribution is 2.36. The van der Waals surface area contributed by atoms with Gasteiger partial charge in [-0.3, -0.25) is 0 Å². The monoisotopic (exact) mass is 376 g/mol. The van der Waals surface area contributed by atoms with Gasteiger partial charge in [-0.15, -0.1) is 12.4 Å². The van der Waals surface area contributed by atoms with E-state index in [9.17, 15) is 12.8 Å². The molecule has 120 valence electrons. The molecule has 0 bridgehead atoms. The average molecular weight is 378 g/mol. The van der Waals surface area contributed by atoms with Gasteiger partial charge in [-0.1, -0.05) is 23.2 Å². The predicted octanol–water partition coefficient (Wildman–Crippen LogP) is 2.91. The molecule has 2 rings (SSSR count). The first kappa shape index (κ1) is 18.9. The topological polar surface area (TPSA) is 63.4 Å². The molecule has 4 nitrogen and oxygen atoms in total. The fourth-order valence-corrected chi connectivity index (χ4v) is 5.36. The minimum absolute atomic E-state index is 0. The summed E-state index contributed by atoms with van der Waals surface area (Å²) in [5, 5.41) is -0.420. The molecule has 0 amide bonds. The van der Waals surface area contributed by atoms with E-state index in [2.05, 4.69) is 0 Å². The fourth-order valence-electron chi connectivity index (χ4n) is 2.51. The van der Waals surface area contributed by atoms with Crippen molar-refractivity contribution in [3.63, 3.8) is 0 Å². The van der Waals surface area contributed by atoms with E-state index in [0.717, 1.165) is 12.1 Å². The summed E-state index contributed by atoms with van der Waals surface area (Å²) in [6, 6.07) is 1.70. The Morgan fingerprint density at radius 1 is 1.38 bits per heavy atom. The first-order valence-electron chi connectivity index (χ1n) is 6.13. The standard InChI is InChI=1S/C12H15Cl2FN2O2S.ClH/c1-7-2-8(5-16)6-17(7)20(18,19)12-10(13)3-9(15)4-11(12)14;/h3-4,7-8H,2,5-6,16H2,1H3;1H. The van der Waals surface area contributed by atoms with Gasteiger partial charge >= 0.3 is 0 Å². The minimum Gasteiger partial charge on any atom is -0.330 e. The van der Waals surface area contributed by atoms with Crippen LogP contribution < -0.4 is 5.73 Å². The van der Waals surface area contributed by atoms with Gasteiger partial charge < -0.3 is 5.73 Å². The number of hydrogen-bond donors (Lipinski definition) is 1. The van der Waals surface area contributed by atoms with Gasteiger partial charge in [0, 0.05) is 12.6 Å². The van der Waals surface area contributed by atoms with Crippen LogP contribution in [0.3, 0.4) is 0 Å². The van der Waals surface area contributed by atoms with Gasteiger partial charge in [-0.25, -0.2) is 12.8 Å². The molecular formula is C12H16Cl3FN2O2S. The van der Waals surface area contributed by atoms with Crippen molar-refractivity contribution >= 4 is 45.6 Å². The van der Waals surface area contributed by atoms with Crippen molar-refractivity contribution in [3.05, 3.63) is 28.0 Å². The molecule has 2 atom stereocenters. The van der Waals surface area contributed by atoms with Gasteiger partial charge in [-0.2, -0.15) is 4.31 Å². The highest BCUT2D eigenvalue weighted by Gasteiger charge is 2.39. The number of sulfonamides is 1. The molecule has 0 spiro atoms. The van der Waals surface area contributed by atoms with Crippen molar-refractivity contribution in [2.24, 2.45) is 11.7 Å². The maximum atomic E-state index is 13.2. The normalized spacial score (nSPS) is 23.1. The molecule has 1 aliphatic rings. The summed E-state index contributed by atoms with van der Waals surface area (Å²) in [6.45, 7) is 2.55. The molecule has 0 radical (unpaired) electrons. The van der Waals surface area contributed by atoms with Gasteiger partial charge in [0.2, 0.25) is 10.0 Å². The lowest BCUT2D eigenvalue weighted by Gasteiger charge is -2.22. The van der Waals surface area contributed by atoms with E-state index in [0.29, 0.717) is 19.5 Å². The second-order valence-electron chi connectivity index (χ2n) is 4.96. The smallest absolute Gasteiger partial charge is 0.246 e. The lowest BCUT2D eigenvalue weighted by molar-refractivity contribution is 0.404. The van der Waals surface area contributed by atoms with Crippen molar-refractivity contribution in [1.82, 2.24) is 4.31 Å². The third-order valence-electron chi connectivity index (χ3n) is 3.47. The molecule has 1 heterocycles. The Kier molecular flexibility index (Phi) is 6.29. The molecule has 2 N–H and O–H groups in total. The second-order valence-corrected chi connectivity index (χ2v) is 7.60. The van der Waals surface area contributed by atoms with E-state index in [-0.39, 0.29) is 39.3 Å². The van der Waals surface area contributed by atoms with Crippen LogP contribution in [0.4, 0.5) is 4.39 Å². The summed E-state index contributed by atoms with van der Waals surface area (Å²) >= 11 is 11.7. The van der Waals surface area contributed by atoms with E-state index in [1.54, 1.807) is 6.92 Å². The van der Waals surface area contributed by atoms with Crippen LogP contribution in [0.5, 0.6) is 0 Å². The zero-order valence-corrected chi connectivity index (χ0v) is 14.4. The van der Waals surface area contributed by atoms with Crippen LogP contribution in [0.1, 0.15) is 13.3 Å². The lowest BCUT2D eigenvalue weighted by Crippen LogP contribution is -2.34. The minimum atomic E-state index is -3.86. The maximum Gasteiger partial charge on any atom is 0.246 e. The highest BCUT2D eigenvalue weighted by atomic mass is 35.5. The Bertz CT molecular complexity index is 604. The third kappa shape index (κ3) is 3.63. The molecule has 0 aromatic heterocycles. The van der Waals surface area contributed by atoms with Crippen LogP contribution in [0.25, 0.3) is 0 Å². The number of nitrogens with zero attached hydrogens (tertiary/aromatic N) is 1. The van der Waals surface area contributed by atoms with Crippen molar-refractivity contribution in [1.29, 1.82) is 0 Å². The van der Waals surface area contributed by atoms with Gasteiger partial charge in [0.25, 0.3) is 0 Å². The van der Waals surface area contributed by atoms with Crippen LogP contribution in [0.2, 0.25) is 10.0 Å². The maximum absolute atomic E-state index is 13.2. The molecule has 1 aliphatic heterocycles. The molecule has 1 aromatic rings. The zero-order valence-electron chi connectivity index (χ0n) is 11.2. The van der Waals surface area contributed by atoms with E-state index < -0.39 is 15.8 Å². The molecule has 9 heteroatoms. The summed E-state index contributed by atoms with van der Waals surface area (Å²) in [4.78, 5) is -0.244. The summed E-state index contributed by atoms with van der Waals surface area (Å²) < 4.78 is 39.8. The SMILES string of the molecule is CC1CC(CN)CN1S(=O)(=O)c1c(Cl)cc(F)cc1Cl.Cl. The van der Waals surface area contributed by atoms with Crippen molar-refractivity contribution in [3.8, 4) is 0 Å². The second kappa shape index (κ2) is 6.98. The van der Waals surface area contributed by atoms with E-state index in [4.69, 9.17) is 28.9 Å². The Morgan fingerprint density at radius 2 is 1.90 bits per heavy atom. The zero-order chi connectivity index (χ0) is 15.1. The lowest BCUT2D eigenvalue weighted by atomic mass is 10.1. The van der Waals surface area contributed by atoms with Crippen molar-refractivity contribution < 1.29 is 12.8 Å². The van der Waals surface area contributed by atoms with Gasteiger partial charge in [0.15, 0.2) is 0 Å². The van der Waals surface area contributed by atoms with E-state index in [1.807, 2.05) is 0 Å². The molecule has 21 heavy (non-hydrogen) atoms. The van der Waals surface area contributed by atoms with Crippen LogP contribution >= 0.6 is 35.6 Å². The predicted molar refractivity (Wildman–Crippen MR) is 84.2 cm³/mol. The average Bonchev–Trinajstić information content (AvgIpc) is 2.69. The number of nitrogens with two attached hydrogens (primary N) is 1. The Balaban J connectivity index is 0.00000220. The third-order valence-corrected chi connectivity index (χ3v) is 6.37. The number of rotatable bonds is 3. The summed E-state index contributed by atoms with van der Waals surface area (Å²) in [5.74, 6) is -0.564. The van der Waals surface area contributed by atoms with Gasteiger partial charge in [0.05, 0.1) is 10.0 Å². The van der Waals surface area contributed by atoms with E-state index in [1.165, 1.54) is 4.31 Å². The van der Waals surface area contributed by atoms with Gasteiger partial charge in [0.1, 0.15) is 10.7 Å². The first-order chi connectivity index (χ1) is 9.27. The molecule has 1 saturated heterocycles. The Hall–Kier alpha value is -0.110. The molecule has 0 saturated carbocycles. The number of halogens is 4. The van der Waals surface area contributed by atoms with Gasteiger partial charge in [-0.05, 0) is 37.9 Å². The van der Waals surface area contributed by atoms with E-state index >= 15 is 0 Å². The summed E-state index contributed by atoms with van der Waals surface area (Å²) in [6.07, 6.45) is 0.687. The Labute approximate surface area is 139 Å². The summed E-state index contributed by atoms with van der Waals surface area (Å²) in [5.41, 5.74) is 5.60. The number of hydrogen-bond acceptors (Lipinski definition) is 3. The van der Waals surface area contributed by atoms with Crippen LogP contribution in [-0.2, 0) is 10.0 Å². The molecular weight excluding hydrogens is 362 g/mol. The summed E-state index contributed by atoms with van der Waals surface area (Å²) in [7, 11) is -3.86. The van der Waals surface area contributed by atoms with Crippen molar-refractivity contribution in [2.45, 2.75) is 24.3 Å². The van der Waals surface area contributed by atoms with Crippen LogP contribution in [-0.4, -0.2) is 31.9 Å². The molecule has 2 unspecified atom stereocenters. The molecule has 1 aromatic carbocycles. The quantitative estimate of drug-likeness (QED) is 0.881. The largest absolute Gasteiger partial charge is 0.330 e. The van der Waals surface area contributed by atoms with Crippen molar-refractivity contribution in [2.75, 3.05) is 13.1 Å². The highest BCUT2D eigenvalue weighted by molar-refractivity contribution is 7.89. The Morgan fingerprint density at radius 3 is 2.33 bits per heavy atom. The van der Waals surface area contributed by atoms with Crippen LogP contribution in [0.15, 0.2) is 17.0 Å². The van der Waals surface area contributed by atoms with Crippen LogP contribution in [0, 0.1) is 11.7 Å².